The molecule has 25 heavy (non-hydrogen) atoms. The topological polar surface area (TPSA) is 140 Å². The number of hydrogen-bond donors (Lipinski definition) is 3. The van der Waals surface area contributed by atoms with Gasteiger partial charge >= 0.3 is 0 Å². The molecule has 134 valence electrons. The van der Waals surface area contributed by atoms with Gasteiger partial charge < -0.3 is 16.2 Å². The van der Waals surface area contributed by atoms with Crippen molar-refractivity contribution in [3.63, 3.8) is 0 Å². The monoisotopic (exact) mass is 364 g/mol. The molecule has 0 aliphatic rings. The smallest absolute Gasteiger partial charge is 0.294 e. The second-order valence-corrected chi connectivity index (χ2v) is 6.25. The zero-order chi connectivity index (χ0) is 18.9. The molecule has 0 amide bonds. The molecule has 2 rings (SSSR count). The summed E-state index contributed by atoms with van der Waals surface area (Å²) in [6.45, 7) is 1.84. The molecule has 0 saturated carbocycles. The molecular weight excluding hydrogens is 344 g/mol. The lowest BCUT2D eigenvalue weighted by Crippen LogP contribution is -2.21. The number of hydrogen-bond acceptors (Lipinski definition) is 5. The third-order valence-corrected chi connectivity index (χ3v) is 3.68. The summed E-state index contributed by atoms with van der Waals surface area (Å²) < 4.78 is 34.6. The lowest BCUT2D eigenvalue weighted by atomic mass is 10.2. The zero-order valence-corrected chi connectivity index (χ0v) is 14.6. The van der Waals surface area contributed by atoms with Gasteiger partial charge in [-0.05, 0) is 48.9 Å². The van der Waals surface area contributed by atoms with Gasteiger partial charge in [0.15, 0.2) is 0 Å². The minimum atomic E-state index is -4.02. The van der Waals surface area contributed by atoms with Crippen molar-refractivity contribution in [2.45, 2.75) is 11.8 Å². The minimum Gasteiger partial charge on any atom is -0.497 e. The van der Waals surface area contributed by atoms with Crippen LogP contribution in [0, 0.1) is 6.92 Å². The highest BCUT2D eigenvalue weighted by molar-refractivity contribution is 7.85. The first kappa shape index (κ1) is 20.1. The molecule has 5 N–H and O–H groups in total. The fraction of sp³-hybridized carbons (Fsp3) is 0.125. The van der Waals surface area contributed by atoms with Crippen LogP contribution in [0.4, 0.5) is 0 Å². The van der Waals surface area contributed by atoms with Crippen molar-refractivity contribution in [2.75, 3.05) is 7.11 Å². The summed E-state index contributed by atoms with van der Waals surface area (Å²) >= 11 is 0. The van der Waals surface area contributed by atoms with Crippen LogP contribution in [0.2, 0.25) is 0 Å². The minimum absolute atomic E-state index is 0.0604. The van der Waals surface area contributed by atoms with Gasteiger partial charge in [-0.15, -0.1) is 5.10 Å². The molecule has 0 atom stereocenters. The van der Waals surface area contributed by atoms with Crippen molar-refractivity contribution in [1.29, 1.82) is 0 Å². The Bertz CT molecular complexity index is 825. The fourth-order valence-corrected chi connectivity index (χ4v) is 2.04. The van der Waals surface area contributed by atoms with Crippen molar-refractivity contribution < 1.29 is 17.7 Å². The van der Waals surface area contributed by atoms with Crippen LogP contribution in [-0.4, -0.2) is 32.3 Å². The second-order valence-electron chi connectivity index (χ2n) is 4.83. The highest BCUT2D eigenvalue weighted by Crippen LogP contribution is 2.10. The molecule has 0 radical (unpaired) electrons. The van der Waals surface area contributed by atoms with E-state index >= 15 is 0 Å². The van der Waals surface area contributed by atoms with Gasteiger partial charge in [0.2, 0.25) is 5.96 Å². The first-order chi connectivity index (χ1) is 11.7. The van der Waals surface area contributed by atoms with Crippen LogP contribution in [0.15, 0.2) is 63.6 Å². The molecule has 0 unspecified atom stereocenters. The molecule has 0 bridgehead atoms. The van der Waals surface area contributed by atoms with Gasteiger partial charge in [-0.2, -0.15) is 13.5 Å². The van der Waals surface area contributed by atoms with E-state index in [1.54, 1.807) is 25.5 Å². The highest BCUT2D eigenvalue weighted by atomic mass is 32.2. The van der Waals surface area contributed by atoms with Crippen molar-refractivity contribution in [3.05, 3.63) is 59.7 Å². The number of methoxy groups -OCH3 is 1. The molecule has 0 fully saturated rings. The third-order valence-electron chi connectivity index (χ3n) is 2.81. The Kier molecular flexibility index (Phi) is 7.57. The van der Waals surface area contributed by atoms with E-state index < -0.39 is 10.1 Å². The Hall–Kier alpha value is -2.91. The van der Waals surface area contributed by atoms with Crippen LogP contribution < -0.4 is 16.2 Å². The van der Waals surface area contributed by atoms with Crippen LogP contribution in [0.5, 0.6) is 5.75 Å². The number of ether oxygens (including phenoxy) is 1. The van der Waals surface area contributed by atoms with E-state index in [-0.39, 0.29) is 10.9 Å². The van der Waals surface area contributed by atoms with Gasteiger partial charge in [-0.25, -0.2) is 0 Å². The van der Waals surface area contributed by atoms with Gasteiger partial charge in [0.25, 0.3) is 10.1 Å². The molecule has 0 spiro atoms. The summed E-state index contributed by atoms with van der Waals surface area (Å²) in [5, 5.41) is 7.14. The maximum Gasteiger partial charge on any atom is 0.294 e. The number of guanidine groups is 1. The van der Waals surface area contributed by atoms with Crippen LogP contribution >= 0.6 is 0 Å². The van der Waals surface area contributed by atoms with Crippen molar-refractivity contribution in [1.82, 2.24) is 0 Å². The first-order valence-corrected chi connectivity index (χ1v) is 8.46. The highest BCUT2D eigenvalue weighted by Gasteiger charge is 2.06. The van der Waals surface area contributed by atoms with Gasteiger partial charge in [-0.1, -0.05) is 17.7 Å². The van der Waals surface area contributed by atoms with Gasteiger partial charge in [-0.3, -0.25) is 4.55 Å². The normalized spacial score (nSPS) is 10.7. The fourth-order valence-electron chi connectivity index (χ4n) is 1.56. The average molecular weight is 364 g/mol. The molecule has 0 aliphatic carbocycles. The van der Waals surface area contributed by atoms with E-state index in [0.29, 0.717) is 0 Å². The predicted molar refractivity (Wildman–Crippen MR) is 97.4 cm³/mol. The van der Waals surface area contributed by atoms with Gasteiger partial charge in [0.05, 0.1) is 18.2 Å². The van der Waals surface area contributed by atoms with E-state index in [0.717, 1.165) is 16.9 Å². The van der Waals surface area contributed by atoms with E-state index in [1.165, 1.54) is 12.1 Å². The summed E-state index contributed by atoms with van der Waals surface area (Å²) in [4.78, 5) is -0.0666. The van der Waals surface area contributed by atoms with E-state index in [4.69, 9.17) is 20.8 Å². The van der Waals surface area contributed by atoms with E-state index in [9.17, 15) is 8.42 Å². The number of aryl methyl sites for hydroxylation is 1. The molecular formula is C16H20N4O4S. The summed E-state index contributed by atoms with van der Waals surface area (Å²) in [5.74, 6) is 0.735. The molecule has 9 heteroatoms. The molecule has 2 aromatic carbocycles. The molecule has 2 aromatic rings. The Morgan fingerprint density at radius 3 is 2.08 bits per heavy atom. The van der Waals surface area contributed by atoms with Crippen LogP contribution in [0.3, 0.4) is 0 Å². The summed E-state index contributed by atoms with van der Waals surface area (Å²) in [7, 11) is -2.41. The Labute approximate surface area is 146 Å². The molecule has 0 saturated heterocycles. The lowest BCUT2D eigenvalue weighted by molar-refractivity contribution is 0.415. The molecule has 0 aromatic heterocycles. The number of nitrogens with zero attached hydrogens (tertiary/aromatic N) is 2. The quantitative estimate of drug-likeness (QED) is 0.325. The van der Waals surface area contributed by atoms with Gasteiger partial charge in [0, 0.05) is 0 Å². The van der Waals surface area contributed by atoms with Crippen molar-refractivity contribution >= 4 is 22.3 Å². The van der Waals surface area contributed by atoms with E-state index in [2.05, 4.69) is 10.2 Å². The lowest BCUT2D eigenvalue weighted by Gasteiger charge is -1.97. The molecule has 8 nitrogen and oxygen atoms in total. The predicted octanol–water partition coefficient (Wildman–Crippen LogP) is 1.54. The largest absolute Gasteiger partial charge is 0.497 e. The summed E-state index contributed by atoms with van der Waals surface area (Å²) in [6, 6.07) is 13.4. The second kappa shape index (κ2) is 9.40. The van der Waals surface area contributed by atoms with Crippen LogP contribution in [-0.2, 0) is 10.1 Å². The number of rotatable bonds is 4. The standard InChI is InChI=1S/C9H12N4O.C7H8O3S/c1-14-8-4-2-7(3-5-8)6-12-13-9(10)11;1-6-2-4-7(5-3-6)11(8,9)10/h2-6H,1H3,(H4,10,11,13);2-5H,1H3,(H,8,9,10). The molecule has 0 heterocycles. The first-order valence-electron chi connectivity index (χ1n) is 7.02. The number of benzene rings is 2. The zero-order valence-electron chi connectivity index (χ0n) is 13.8. The third kappa shape index (κ3) is 7.95. The Morgan fingerprint density at radius 1 is 1.08 bits per heavy atom. The van der Waals surface area contributed by atoms with Crippen molar-refractivity contribution in [2.24, 2.45) is 21.7 Å². The molecule has 0 aliphatic heterocycles. The summed E-state index contributed by atoms with van der Waals surface area (Å²) in [5.41, 5.74) is 12.0. The van der Waals surface area contributed by atoms with Crippen molar-refractivity contribution in [3.8, 4) is 5.75 Å². The number of nitrogens with two attached hydrogens (primary N) is 2. The Morgan fingerprint density at radius 2 is 1.64 bits per heavy atom. The Balaban J connectivity index is 0.000000257. The average Bonchev–Trinajstić information content (AvgIpc) is 2.55. The van der Waals surface area contributed by atoms with Crippen LogP contribution in [0.1, 0.15) is 11.1 Å². The van der Waals surface area contributed by atoms with Gasteiger partial charge in [0.1, 0.15) is 5.75 Å². The SMILES string of the molecule is COc1ccc(C=NN=C(N)N)cc1.Cc1ccc(S(=O)(=O)O)cc1. The van der Waals surface area contributed by atoms with E-state index in [1.807, 2.05) is 31.2 Å². The maximum atomic E-state index is 10.5. The van der Waals surface area contributed by atoms with Crippen LogP contribution in [0.25, 0.3) is 0 Å². The maximum absolute atomic E-state index is 10.5. The summed E-state index contributed by atoms with van der Waals surface area (Å²) in [6.07, 6.45) is 1.55.